The van der Waals surface area contributed by atoms with Crippen molar-refractivity contribution in [3.63, 3.8) is 0 Å². The van der Waals surface area contributed by atoms with Crippen LogP contribution >= 0.6 is 0 Å². The minimum Gasteiger partial charge on any atom is -0.322 e. The zero-order valence-electron chi connectivity index (χ0n) is 12.8. The fourth-order valence-electron chi connectivity index (χ4n) is 2.40. The molecule has 0 aliphatic carbocycles. The summed E-state index contributed by atoms with van der Waals surface area (Å²) in [5.41, 5.74) is 13.6. The largest absolute Gasteiger partial charge is 0.322 e. The molecule has 0 spiro atoms. The number of pyridine rings is 1. The normalized spacial score (nSPS) is 11.3. The first-order valence-corrected chi connectivity index (χ1v) is 6.87. The summed E-state index contributed by atoms with van der Waals surface area (Å²) in [6, 6.07) is 8.22. The molecule has 0 atom stereocenters. The summed E-state index contributed by atoms with van der Waals surface area (Å²) >= 11 is 0. The van der Waals surface area contributed by atoms with Crippen molar-refractivity contribution >= 4 is 11.9 Å². The quantitative estimate of drug-likeness (QED) is 0.594. The Hall–Kier alpha value is -2.17. The number of nitrogens with one attached hydrogen (secondary N) is 1. The number of nitrogen functional groups attached to an aromatic ring is 1. The molecule has 1 aromatic heterocycles. The first kappa shape index (κ1) is 15.2. The summed E-state index contributed by atoms with van der Waals surface area (Å²) < 4.78 is 0. The summed E-state index contributed by atoms with van der Waals surface area (Å²) in [5, 5.41) is 0. The van der Waals surface area contributed by atoms with Gasteiger partial charge in [-0.25, -0.2) is 10.8 Å². The molecule has 2 rings (SSSR count). The van der Waals surface area contributed by atoms with Crippen LogP contribution in [0.5, 0.6) is 0 Å². The first-order valence-electron chi connectivity index (χ1n) is 6.87. The van der Waals surface area contributed by atoms with Crippen LogP contribution in [0.4, 0.5) is 5.82 Å². The molecule has 0 saturated heterocycles. The van der Waals surface area contributed by atoms with E-state index in [0.29, 0.717) is 5.82 Å². The van der Waals surface area contributed by atoms with Crippen molar-refractivity contribution in [3.05, 3.63) is 53.7 Å². The molecular weight excluding hydrogens is 260 g/mol. The maximum absolute atomic E-state index is 6.20. The lowest BCUT2D eigenvalue weighted by molar-refractivity contribution is 0.554. The monoisotopic (exact) mass is 282 g/mol. The lowest BCUT2D eigenvalue weighted by atomic mass is 9.90. The van der Waals surface area contributed by atoms with Crippen LogP contribution in [0, 0.1) is 6.92 Å². The van der Waals surface area contributed by atoms with Gasteiger partial charge < -0.3 is 11.2 Å². The predicted octanol–water partition coefficient (Wildman–Crippen LogP) is 3.18. The fraction of sp³-hybridized carbons (Fsp3) is 0.235. The topological polar surface area (TPSA) is 77.0 Å². The molecule has 0 amide bonds. The average molecular weight is 282 g/mol. The maximum atomic E-state index is 6.20. The van der Waals surface area contributed by atoms with Gasteiger partial charge in [0.25, 0.3) is 0 Å². The first-order chi connectivity index (χ1) is 9.88. The van der Waals surface area contributed by atoms with Gasteiger partial charge >= 0.3 is 0 Å². The van der Waals surface area contributed by atoms with Gasteiger partial charge in [0, 0.05) is 17.3 Å². The summed E-state index contributed by atoms with van der Waals surface area (Å²) in [5.74, 6) is 6.16. The highest BCUT2D eigenvalue weighted by molar-refractivity contribution is 5.83. The Labute approximate surface area is 125 Å². The molecule has 2 aromatic rings. The van der Waals surface area contributed by atoms with Crippen LogP contribution in [0.3, 0.4) is 0 Å². The molecule has 0 unspecified atom stereocenters. The van der Waals surface area contributed by atoms with Crippen molar-refractivity contribution in [1.29, 1.82) is 0 Å². The van der Waals surface area contributed by atoms with E-state index >= 15 is 0 Å². The number of rotatable bonds is 4. The molecule has 0 bridgehead atoms. The second kappa shape index (κ2) is 5.68. The van der Waals surface area contributed by atoms with Crippen molar-refractivity contribution in [2.75, 3.05) is 5.43 Å². The Morgan fingerprint density at radius 1 is 1.33 bits per heavy atom. The molecule has 1 aromatic carbocycles. The van der Waals surface area contributed by atoms with Crippen molar-refractivity contribution < 1.29 is 0 Å². The van der Waals surface area contributed by atoms with Crippen molar-refractivity contribution in [2.24, 2.45) is 11.6 Å². The zero-order valence-corrected chi connectivity index (χ0v) is 12.8. The highest BCUT2D eigenvalue weighted by atomic mass is 15.2. The van der Waals surface area contributed by atoms with E-state index in [4.69, 9.17) is 11.6 Å². The smallest absolute Gasteiger partial charge is 0.147 e. The minimum atomic E-state index is -0.389. The molecule has 0 fully saturated rings. The number of anilines is 1. The zero-order chi connectivity index (χ0) is 15.6. The lowest BCUT2D eigenvalue weighted by Gasteiger charge is -2.21. The highest BCUT2D eigenvalue weighted by Gasteiger charge is 2.17. The van der Waals surface area contributed by atoms with E-state index in [1.165, 1.54) is 0 Å². The number of aryl methyl sites for hydroxylation is 1. The third kappa shape index (κ3) is 2.96. The molecule has 110 valence electrons. The van der Waals surface area contributed by atoms with E-state index in [-0.39, 0.29) is 5.54 Å². The molecule has 21 heavy (non-hydrogen) atoms. The van der Waals surface area contributed by atoms with Crippen LogP contribution in [-0.4, -0.2) is 4.98 Å². The van der Waals surface area contributed by atoms with Gasteiger partial charge in [-0.2, -0.15) is 0 Å². The van der Waals surface area contributed by atoms with Crippen molar-refractivity contribution in [1.82, 2.24) is 4.98 Å². The molecule has 4 heteroatoms. The van der Waals surface area contributed by atoms with Crippen LogP contribution in [0.2, 0.25) is 0 Å². The van der Waals surface area contributed by atoms with Crippen LogP contribution in [-0.2, 0) is 5.54 Å². The third-order valence-electron chi connectivity index (χ3n) is 3.54. The SMILES string of the molecule is C=Cc1c(NN)ncc(C)c1-c1cccc(C(C)(C)N)c1. The number of benzene rings is 1. The van der Waals surface area contributed by atoms with E-state index in [0.717, 1.165) is 27.8 Å². The summed E-state index contributed by atoms with van der Waals surface area (Å²) in [6.45, 7) is 9.89. The molecule has 0 aliphatic heterocycles. The van der Waals surface area contributed by atoms with E-state index < -0.39 is 0 Å². The number of hydrazine groups is 1. The van der Waals surface area contributed by atoms with Crippen LogP contribution < -0.4 is 17.0 Å². The second-order valence-electron chi connectivity index (χ2n) is 5.73. The maximum Gasteiger partial charge on any atom is 0.147 e. The predicted molar refractivity (Wildman–Crippen MR) is 89.5 cm³/mol. The van der Waals surface area contributed by atoms with Gasteiger partial charge in [-0.15, -0.1) is 0 Å². The Kier molecular flexibility index (Phi) is 4.11. The second-order valence-corrected chi connectivity index (χ2v) is 5.73. The Morgan fingerprint density at radius 3 is 2.62 bits per heavy atom. The number of hydrogen-bond acceptors (Lipinski definition) is 4. The average Bonchev–Trinajstić information content (AvgIpc) is 2.46. The fourth-order valence-corrected chi connectivity index (χ4v) is 2.40. The molecule has 0 saturated carbocycles. The Morgan fingerprint density at radius 2 is 2.05 bits per heavy atom. The number of nitrogens with two attached hydrogens (primary N) is 2. The number of nitrogens with zero attached hydrogens (tertiary/aromatic N) is 1. The van der Waals surface area contributed by atoms with Gasteiger partial charge in [-0.05, 0) is 49.1 Å². The summed E-state index contributed by atoms with van der Waals surface area (Å²) in [4.78, 5) is 4.29. The molecular formula is C17H22N4. The van der Waals surface area contributed by atoms with Crippen LogP contribution in [0.25, 0.3) is 17.2 Å². The Balaban J connectivity index is 2.70. The lowest BCUT2D eigenvalue weighted by Crippen LogP contribution is -2.28. The van der Waals surface area contributed by atoms with Gasteiger partial charge in [0.05, 0.1) is 0 Å². The van der Waals surface area contributed by atoms with E-state index in [1.54, 1.807) is 12.3 Å². The van der Waals surface area contributed by atoms with E-state index in [2.05, 4.69) is 29.1 Å². The van der Waals surface area contributed by atoms with Gasteiger partial charge in [-0.1, -0.05) is 30.9 Å². The van der Waals surface area contributed by atoms with Gasteiger partial charge in [0.15, 0.2) is 0 Å². The van der Waals surface area contributed by atoms with Crippen molar-refractivity contribution in [3.8, 4) is 11.1 Å². The molecule has 5 N–H and O–H groups in total. The minimum absolute atomic E-state index is 0.389. The summed E-state index contributed by atoms with van der Waals surface area (Å²) in [7, 11) is 0. The summed E-state index contributed by atoms with van der Waals surface area (Å²) in [6.07, 6.45) is 3.57. The number of hydrogen-bond donors (Lipinski definition) is 3. The van der Waals surface area contributed by atoms with Crippen molar-refractivity contribution in [2.45, 2.75) is 26.3 Å². The molecule has 0 aliphatic rings. The van der Waals surface area contributed by atoms with Crippen LogP contribution in [0.1, 0.15) is 30.5 Å². The van der Waals surface area contributed by atoms with E-state index in [9.17, 15) is 0 Å². The van der Waals surface area contributed by atoms with Crippen LogP contribution in [0.15, 0.2) is 37.0 Å². The molecule has 1 heterocycles. The standard InChI is InChI=1S/C17H22N4/c1-5-14-15(11(2)10-20-16(14)21-19)12-7-6-8-13(9-12)17(3,4)18/h5-10H,1,18-19H2,2-4H3,(H,20,21). The van der Waals surface area contributed by atoms with Gasteiger partial charge in [-0.3, -0.25) is 0 Å². The van der Waals surface area contributed by atoms with E-state index in [1.807, 2.05) is 32.9 Å². The van der Waals surface area contributed by atoms with Gasteiger partial charge in [0.1, 0.15) is 5.82 Å². The highest BCUT2D eigenvalue weighted by Crippen LogP contribution is 2.33. The molecule has 0 radical (unpaired) electrons. The molecule has 4 nitrogen and oxygen atoms in total. The van der Waals surface area contributed by atoms with Gasteiger partial charge in [0.2, 0.25) is 0 Å². The Bertz CT molecular complexity index is 669. The number of aromatic nitrogens is 1. The third-order valence-corrected chi connectivity index (χ3v) is 3.54.